The number of fused-ring (bicyclic) bond motifs is 1. The molecule has 0 aromatic heterocycles. The van der Waals surface area contributed by atoms with Crippen molar-refractivity contribution in [2.75, 3.05) is 31.5 Å². The first-order valence-corrected chi connectivity index (χ1v) is 8.08. The van der Waals surface area contributed by atoms with Gasteiger partial charge in [-0.2, -0.15) is 0 Å². The highest BCUT2D eigenvalue weighted by atomic mass is 35.5. The lowest BCUT2D eigenvalue weighted by atomic mass is 10.1. The zero-order valence-corrected chi connectivity index (χ0v) is 14.7. The van der Waals surface area contributed by atoms with Gasteiger partial charge in [0.15, 0.2) is 0 Å². The summed E-state index contributed by atoms with van der Waals surface area (Å²) in [4.78, 5) is 26.2. The lowest BCUT2D eigenvalue weighted by molar-refractivity contribution is -0.121. The molecule has 0 aliphatic carbocycles. The molecule has 1 aliphatic rings. The second kappa shape index (κ2) is 9.40. The number of hydrogen-bond acceptors (Lipinski definition) is 3. The number of anilines is 1. The van der Waals surface area contributed by atoms with Crippen LogP contribution in [0.5, 0.6) is 0 Å². The van der Waals surface area contributed by atoms with E-state index in [9.17, 15) is 9.59 Å². The Morgan fingerprint density at radius 2 is 2.04 bits per heavy atom. The van der Waals surface area contributed by atoms with Gasteiger partial charge in [-0.15, -0.1) is 12.4 Å². The molecule has 5 nitrogen and oxygen atoms in total. The van der Waals surface area contributed by atoms with Gasteiger partial charge >= 0.3 is 0 Å². The summed E-state index contributed by atoms with van der Waals surface area (Å²) in [6.45, 7) is 6.31. The monoisotopic (exact) mass is 339 g/mol. The van der Waals surface area contributed by atoms with Crippen molar-refractivity contribution < 1.29 is 9.59 Å². The molecule has 1 aliphatic heterocycles. The number of hydrogen-bond donors (Lipinski definition) is 2. The van der Waals surface area contributed by atoms with E-state index in [1.165, 1.54) is 5.56 Å². The molecule has 1 aromatic carbocycles. The third kappa shape index (κ3) is 5.13. The van der Waals surface area contributed by atoms with E-state index < -0.39 is 0 Å². The summed E-state index contributed by atoms with van der Waals surface area (Å²) in [5, 5.41) is 6.11. The highest BCUT2D eigenvalue weighted by molar-refractivity contribution is 5.97. The summed E-state index contributed by atoms with van der Waals surface area (Å²) < 4.78 is 0. The predicted octanol–water partition coefficient (Wildman–Crippen LogP) is 2.45. The van der Waals surface area contributed by atoms with E-state index in [1.54, 1.807) is 4.90 Å². The molecule has 6 heteroatoms. The first-order chi connectivity index (χ1) is 10.7. The van der Waals surface area contributed by atoms with Crippen molar-refractivity contribution >= 4 is 29.9 Å². The minimum absolute atomic E-state index is 0. The van der Waals surface area contributed by atoms with Gasteiger partial charge in [0.05, 0.1) is 6.54 Å². The molecule has 0 unspecified atom stereocenters. The van der Waals surface area contributed by atoms with Crippen LogP contribution in [-0.2, 0) is 11.2 Å². The maximum atomic E-state index is 12.7. The smallest absolute Gasteiger partial charge is 0.254 e. The third-order valence-electron chi connectivity index (χ3n) is 3.75. The van der Waals surface area contributed by atoms with Crippen molar-refractivity contribution in [3.05, 3.63) is 29.3 Å². The highest BCUT2D eigenvalue weighted by Crippen LogP contribution is 2.23. The van der Waals surface area contributed by atoms with Gasteiger partial charge in [-0.3, -0.25) is 9.59 Å². The molecule has 2 N–H and O–H groups in total. The van der Waals surface area contributed by atoms with Gasteiger partial charge in [-0.25, -0.2) is 0 Å². The van der Waals surface area contributed by atoms with Crippen LogP contribution in [0.1, 0.15) is 42.6 Å². The van der Waals surface area contributed by atoms with E-state index in [4.69, 9.17) is 0 Å². The SMILES string of the molecule is CCCNC(=O)CN(CCC)C(=O)c1ccc2c(c1)CCN2.Cl. The van der Waals surface area contributed by atoms with E-state index in [-0.39, 0.29) is 30.8 Å². The molecule has 0 atom stereocenters. The highest BCUT2D eigenvalue weighted by Gasteiger charge is 2.20. The summed E-state index contributed by atoms with van der Waals surface area (Å²) in [6.07, 6.45) is 2.67. The van der Waals surface area contributed by atoms with Crippen LogP contribution in [0.25, 0.3) is 0 Å². The number of amides is 2. The summed E-state index contributed by atoms with van der Waals surface area (Å²) in [5.74, 6) is -0.158. The fourth-order valence-electron chi connectivity index (χ4n) is 2.64. The Morgan fingerprint density at radius 1 is 1.26 bits per heavy atom. The van der Waals surface area contributed by atoms with Gasteiger partial charge in [-0.1, -0.05) is 13.8 Å². The average Bonchev–Trinajstić information content (AvgIpc) is 2.99. The quantitative estimate of drug-likeness (QED) is 0.802. The molecule has 0 radical (unpaired) electrons. The summed E-state index contributed by atoms with van der Waals surface area (Å²) in [7, 11) is 0. The molecule has 1 aromatic rings. The first kappa shape index (κ1) is 19.3. The Bertz CT molecular complexity index is 549. The van der Waals surface area contributed by atoms with Crippen LogP contribution in [0, 0.1) is 0 Å². The third-order valence-corrected chi connectivity index (χ3v) is 3.75. The molecule has 0 bridgehead atoms. The van der Waals surface area contributed by atoms with Crippen LogP contribution >= 0.6 is 12.4 Å². The first-order valence-electron chi connectivity index (χ1n) is 8.08. The van der Waals surface area contributed by atoms with Crippen molar-refractivity contribution in [2.45, 2.75) is 33.1 Å². The number of halogens is 1. The Morgan fingerprint density at radius 3 is 2.74 bits per heavy atom. The van der Waals surface area contributed by atoms with Crippen molar-refractivity contribution in [2.24, 2.45) is 0 Å². The van der Waals surface area contributed by atoms with Gasteiger partial charge in [0.2, 0.25) is 5.91 Å². The average molecular weight is 340 g/mol. The second-order valence-corrected chi connectivity index (χ2v) is 5.63. The van der Waals surface area contributed by atoms with E-state index in [2.05, 4.69) is 10.6 Å². The maximum Gasteiger partial charge on any atom is 0.254 e. The van der Waals surface area contributed by atoms with Crippen molar-refractivity contribution in [1.82, 2.24) is 10.2 Å². The number of nitrogens with zero attached hydrogens (tertiary/aromatic N) is 1. The zero-order chi connectivity index (χ0) is 15.9. The van der Waals surface area contributed by atoms with Crippen molar-refractivity contribution in [3.63, 3.8) is 0 Å². The van der Waals surface area contributed by atoms with Crippen molar-refractivity contribution in [1.29, 1.82) is 0 Å². The summed E-state index contributed by atoms with van der Waals surface area (Å²) >= 11 is 0. The van der Waals surface area contributed by atoms with Gasteiger partial charge < -0.3 is 15.5 Å². The molecule has 0 saturated carbocycles. The molecule has 23 heavy (non-hydrogen) atoms. The zero-order valence-electron chi connectivity index (χ0n) is 13.9. The van der Waals surface area contributed by atoms with E-state index >= 15 is 0 Å². The lowest BCUT2D eigenvalue weighted by Gasteiger charge is -2.22. The molecule has 128 valence electrons. The van der Waals surface area contributed by atoms with Gasteiger partial charge in [0, 0.05) is 30.9 Å². The number of carbonyl (C=O) groups excluding carboxylic acids is 2. The number of carbonyl (C=O) groups is 2. The second-order valence-electron chi connectivity index (χ2n) is 5.63. The summed E-state index contributed by atoms with van der Waals surface area (Å²) in [6, 6.07) is 5.74. The molecule has 2 amide bonds. The minimum atomic E-state index is -0.0912. The van der Waals surface area contributed by atoms with Crippen LogP contribution in [0.4, 0.5) is 5.69 Å². The molecular weight excluding hydrogens is 314 g/mol. The largest absolute Gasteiger partial charge is 0.384 e. The number of benzene rings is 1. The van der Waals surface area contributed by atoms with Gasteiger partial charge in [0.1, 0.15) is 0 Å². The fraction of sp³-hybridized carbons (Fsp3) is 0.529. The van der Waals surface area contributed by atoms with Crippen LogP contribution in [0.2, 0.25) is 0 Å². The number of rotatable bonds is 7. The van der Waals surface area contributed by atoms with Crippen LogP contribution in [-0.4, -0.2) is 42.9 Å². The Hall–Kier alpha value is -1.75. The Labute approximate surface area is 144 Å². The van der Waals surface area contributed by atoms with E-state index in [1.807, 2.05) is 32.0 Å². The van der Waals surface area contributed by atoms with E-state index in [0.29, 0.717) is 18.7 Å². The Balaban J connectivity index is 0.00000264. The number of nitrogens with one attached hydrogen (secondary N) is 2. The predicted molar refractivity (Wildman–Crippen MR) is 95.4 cm³/mol. The summed E-state index contributed by atoms with van der Waals surface area (Å²) in [5.41, 5.74) is 2.95. The van der Waals surface area contributed by atoms with Crippen LogP contribution in [0.15, 0.2) is 18.2 Å². The minimum Gasteiger partial charge on any atom is -0.384 e. The van der Waals surface area contributed by atoms with Crippen LogP contribution < -0.4 is 10.6 Å². The maximum absolute atomic E-state index is 12.7. The molecule has 2 rings (SSSR count). The normalized spacial score (nSPS) is 11.9. The van der Waals surface area contributed by atoms with Gasteiger partial charge in [0.25, 0.3) is 5.91 Å². The van der Waals surface area contributed by atoms with Crippen LogP contribution in [0.3, 0.4) is 0 Å². The molecule has 0 spiro atoms. The standard InChI is InChI=1S/C17H25N3O2.ClH/c1-3-8-19-16(21)12-20(10-4-2)17(22)14-5-6-15-13(11-14)7-9-18-15;/h5-6,11,18H,3-4,7-10,12H2,1-2H3,(H,19,21);1H. The molecular formula is C17H26ClN3O2. The molecule has 1 heterocycles. The fourth-order valence-corrected chi connectivity index (χ4v) is 2.64. The molecule has 0 fully saturated rings. The topological polar surface area (TPSA) is 61.4 Å². The van der Waals surface area contributed by atoms with E-state index in [0.717, 1.165) is 31.5 Å². The van der Waals surface area contributed by atoms with Gasteiger partial charge in [-0.05, 0) is 43.0 Å². The Kier molecular flexibility index (Phi) is 7.89. The molecule has 0 saturated heterocycles. The van der Waals surface area contributed by atoms with Crippen molar-refractivity contribution in [3.8, 4) is 0 Å². The lowest BCUT2D eigenvalue weighted by Crippen LogP contribution is -2.41.